The van der Waals surface area contributed by atoms with Gasteiger partial charge >= 0.3 is 0 Å². The summed E-state index contributed by atoms with van der Waals surface area (Å²) < 4.78 is 0. The molecular formula is C14H7N3O6. The molecule has 9 nitrogen and oxygen atoms in total. The van der Waals surface area contributed by atoms with E-state index in [9.17, 15) is 29.8 Å². The van der Waals surface area contributed by atoms with Crippen LogP contribution >= 0.6 is 0 Å². The number of hydrogen-bond donors (Lipinski definition) is 0. The molecule has 114 valence electrons. The maximum Gasteiger partial charge on any atom is 0.293 e. The molecule has 0 N–H and O–H groups in total. The Morgan fingerprint density at radius 1 is 0.783 bits per heavy atom. The minimum Gasteiger partial charge on any atom is -0.268 e. The van der Waals surface area contributed by atoms with Crippen LogP contribution < -0.4 is 4.90 Å². The van der Waals surface area contributed by atoms with Crippen molar-refractivity contribution in [2.24, 2.45) is 0 Å². The highest BCUT2D eigenvalue weighted by Crippen LogP contribution is 2.37. The van der Waals surface area contributed by atoms with Crippen molar-refractivity contribution in [3.05, 3.63) is 73.8 Å². The van der Waals surface area contributed by atoms with Crippen molar-refractivity contribution in [2.45, 2.75) is 0 Å². The summed E-state index contributed by atoms with van der Waals surface area (Å²) in [5.74, 6) is -1.78. The number of carbonyl (C=O) groups is 2. The van der Waals surface area contributed by atoms with Crippen LogP contribution in [0, 0.1) is 20.2 Å². The fraction of sp³-hybridized carbons (Fsp3) is 0. The Morgan fingerprint density at radius 3 is 2.04 bits per heavy atom. The molecule has 3 rings (SSSR count). The van der Waals surface area contributed by atoms with Crippen molar-refractivity contribution in [3.8, 4) is 0 Å². The first-order chi connectivity index (χ1) is 10.9. The molecule has 0 bridgehead atoms. The van der Waals surface area contributed by atoms with Crippen LogP contribution in [0.25, 0.3) is 0 Å². The zero-order chi connectivity index (χ0) is 16.7. The number of carbonyl (C=O) groups excluding carboxylic acids is 2. The van der Waals surface area contributed by atoms with Crippen LogP contribution in [0.2, 0.25) is 0 Å². The molecule has 0 spiro atoms. The molecule has 0 unspecified atom stereocenters. The topological polar surface area (TPSA) is 124 Å². The van der Waals surface area contributed by atoms with Gasteiger partial charge in [-0.2, -0.15) is 0 Å². The van der Waals surface area contributed by atoms with Crippen LogP contribution in [-0.2, 0) is 0 Å². The van der Waals surface area contributed by atoms with Crippen LogP contribution in [0.5, 0.6) is 0 Å². The van der Waals surface area contributed by atoms with Gasteiger partial charge in [-0.25, -0.2) is 4.90 Å². The van der Waals surface area contributed by atoms with Gasteiger partial charge < -0.3 is 0 Å². The molecule has 0 saturated heterocycles. The molecule has 23 heavy (non-hydrogen) atoms. The van der Waals surface area contributed by atoms with Gasteiger partial charge in [0.05, 0.1) is 15.4 Å². The highest BCUT2D eigenvalue weighted by atomic mass is 16.6. The van der Waals surface area contributed by atoms with E-state index in [-0.39, 0.29) is 16.8 Å². The molecule has 0 saturated carbocycles. The van der Waals surface area contributed by atoms with Gasteiger partial charge in [-0.15, -0.1) is 0 Å². The Labute approximate surface area is 128 Å². The van der Waals surface area contributed by atoms with Gasteiger partial charge in [0.15, 0.2) is 0 Å². The first-order valence-electron chi connectivity index (χ1n) is 6.33. The molecule has 0 aliphatic carbocycles. The van der Waals surface area contributed by atoms with Crippen LogP contribution in [-0.4, -0.2) is 21.7 Å². The number of rotatable bonds is 3. The lowest BCUT2D eigenvalue weighted by Gasteiger charge is -2.13. The number of nitro groups is 2. The third-order valence-electron chi connectivity index (χ3n) is 3.41. The van der Waals surface area contributed by atoms with Gasteiger partial charge in [-0.05, 0) is 12.1 Å². The fourth-order valence-electron chi connectivity index (χ4n) is 2.45. The predicted molar refractivity (Wildman–Crippen MR) is 77.3 cm³/mol. The smallest absolute Gasteiger partial charge is 0.268 e. The van der Waals surface area contributed by atoms with E-state index in [1.807, 2.05) is 0 Å². The lowest BCUT2D eigenvalue weighted by atomic mass is 10.1. The minimum absolute atomic E-state index is 0.151. The van der Waals surface area contributed by atoms with Crippen LogP contribution in [0.1, 0.15) is 20.7 Å². The van der Waals surface area contributed by atoms with Gasteiger partial charge in [-0.1, -0.05) is 18.2 Å². The Kier molecular flexibility index (Phi) is 3.10. The van der Waals surface area contributed by atoms with Crippen molar-refractivity contribution in [3.63, 3.8) is 0 Å². The summed E-state index contributed by atoms with van der Waals surface area (Å²) in [5, 5.41) is 22.1. The minimum atomic E-state index is -0.952. The summed E-state index contributed by atoms with van der Waals surface area (Å²) in [6, 6.07) is 8.87. The van der Waals surface area contributed by atoms with E-state index in [1.54, 1.807) is 0 Å². The van der Waals surface area contributed by atoms with Gasteiger partial charge in [-0.3, -0.25) is 29.8 Å². The lowest BCUT2D eigenvalue weighted by Crippen LogP contribution is -2.30. The molecule has 9 heteroatoms. The molecule has 0 fully saturated rings. The first-order valence-corrected chi connectivity index (χ1v) is 6.33. The second kappa shape index (κ2) is 4.98. The quantitative estimate of drug-likeness (QED) is 0.486. The van der Waals surface area contributed by atoms with Gasteiger partial charge in [0.25, 0.3) is 23.2 Å². The van der Waals surface area contributed by atoms with Gasteiger partial charge in [0, 0.05) is 12.1 Å². The Bertz CT molecular complexity index is 892. The summed E-state index contributed by atoms with van der Waals surface area (Å²) in [5.41, 5.74) is -1.69. The van der Waals surface area contributed by atoms with E-state index in [2.05, 4.69) is 0 Å². The lowest BCUT2D eigenvalue weighted by molar-refractivity contribution is -0.385. The third kappa shape index (κ3) is 2.02. The first kappa shape index (κ1) is 14.3. The molecule has 0 atom stereocenters. The van der Waals surface area contributed by atoms with E-state index in [0.717, 1.165) is 12.1 Å². The summed E-state index contributed by atoms with van der Waals surface area (Å²) in [6.07, 6.45) is 0. The molecule has 2 aromatic rings. The molecule has 1 aliphatic rings. The zero-order valence-corrected chi connectivity index (χ0v) is 11.3. The highest BCUT2D eigenvalue weighted by molar-refractivity contribution is 6.36. The Morgan fingerprint density at radius 2 is 1.39 bits per heavy atom. The highest BCUT2D eigenvalue weighted by Gasteiger charge is 2.43. The average molecular weight is 313 g/mol. The number of para-hydroxylation sites is 2. The van der Waals surface area contributed by atoms with Gasteiger partial charge in [0.2, 0.25) is 0 Å². The van der Waals surface area contributed by atoms with Crippen molar-refractivity contribution < 1.29 is 19.4 Å². The summed E-state index contributed by atoms with van der Waals surface area (Å²) in [6.45, 7) is 0. The largest absolute Gasteiger partial charge is 0.293 e. The van der Waals surface area contributed by atoms with E-state index in [4.69, 9.17) is 0 Å². The Balaban J connectivity index is 2.21. The standard InChI is InChI=1S/C14H7N3O6/c18-13-8-4-3-7-11(17(22)23)12(8)14(19)15(13)9-5-1-2-6-10(9)16(20)21/h1-7H. The Hall–Kier alpha value is -3.62. The summed E-state index contributed by atoms with van der Waals surface area (Å²) in [7, 11) is 0. The number of hydrogen-bond acceptors (Lipinski definition) is 6. The number of fused-ring (bicyclic) bond motifs is 1. The van der Waals surface area contributed by atoms with Crippen molar-refractivity contribution in [1.82, 2.24) is 0 Å². The molecular weight excluding hydrogens is 306 g/mol. The zero-order valence-electron chi connectivity index (χ0n) is 11.3. The van der Waals surface area contributed by atoms with Crippen LogP contribution in [0.3, 0.4) is 0 Å². The van der Waals surface area contributed by atoms with E-state index >= 15 is 0 Å². The maximum atomic E-state index is 12.5. The van der Waals surface area contributed by atoms with Gasteiger partial charge in [0.1, 0.15) is 11.3 Å². The number of anilines is 1. The fourth-order valence-corrected chi connectivity index (χ4v) is 2.45. The average Bonchev–Trinajstić information content (AvgIpc) is 2.78. The molecule has 1 heterocycles. The normalized spacial score (nSPS) is 13.1. The summed E-state index contributed by atoms with van der Waals surface area (Å²) >= 11 is 0. The number of amides is 2. The predicted octanol–water partition coefficient (Wildman–Crippen LogP) is 2.30. The summed E-state index contributed by atoms with van der Waals surface area (Å²) in [4.78, 5) is 46.1. The van der Waals surface area contributed by atoms with Crippen LogP contribution in [0.15, 0.2) is 42.5 Å². The second-order valence-corrected chi connectivity index (χ2v) is 4.65. The van der Waals surface area contributed by atoms with E-state index in [0.29, 0.717) is 4.90 Å². The number of nitrogens with zero attached hydrogens (tertiary/aromatic N) is 3. The van der Waals surface area contributed by atoms with Crippen molar-refractivity contribution >= 4 is 28.9 Å². The second-order valence-electron chi connectivity index (χ2n) is 4.65. The van der Waals surface area contributed by atoms with Crippen molar-refractivity contribution in [1.29, 1.82) is 0 Å². The SMILES string of the molecule is O=C1c2cccc([N+](=O)[O-])c2C(=O)N1c1ccccc1[N+](=O)[O-]. The third-order valence-corrected chi connectivity index (χ3v) is 3.41. The number of benzene rings is 2. The van der Waals surface area contributed by atoms with E-state index < -0.39 is 33.0 Å². The number of nitro benzene ring substituents is 2. The monoisotopic (exact) mass is 313 g/mol. The number of imide groups is 1. The molecule has 0 radical (unpaired) electrons. The molecule has 0 aromatic heterocycles. The van der Waals surface area contributed by atoms with Crippen LogP contribution in [0.4, 0.5) is 17.1 Å². The molecule has 2 amide bonds. The maximum absolute atomic E-state index is 12.5. The molecule has 1 aliphatic heterocycles. The van der Waals surface area contributed by atoms with E-state index in [1.165, 1.54) is 30.3 Å². The van der Waals surface area contributed by atoms with Crippen molar-refractivity contribution in [2.75, 3.05) is 4.90 Å². The molecule has 2 aromatic carbocycles.